The van der Waals surface area contributed by atoms with Crippen molar-refractivity contribution in [1.82, 2.24) is 4.90 Å². The van der Waals surface area contributed by atoms with Crippen LogP contribution >= 0.6 is 0 Å². The van der Waals surface area contributed by atoms with Gasteiger partial charge in [0, 0.05) is 6.54 Å². The smallest absolute Gasteiger partial charge is 0.324 e. The van der Waals surface area contributed by atoms with Gasteiger partial charge >= 0.3 is 5.97 Å². The average molecular weight is 201 g/mol. The van der Waals surface area contributed by atoms with Gasteiger partial charge < -0.3 is 9.84 Å². The summed E-state index contributed by atoms with van der Waals surface area (Å²) in [6.07, 6.45) is 0.209. The van der Waals surface area contributed by atoms with Gasteiger partial charge in [0.05, 0.1) is 0 Å². The van der Waals surface area contributed by atoms with E-state index in [1.807, 2.05) is 20.8 Å². The van der Waals surface area contributed by atoms with Crippen molar-refractivity contribution < 1.29 is 14.6 Å². The molecule has 1 aliphatic heterocycles. The SMILES string of the molecule is CC(O)N1CCC1C(=O)OC(C)(C)C. The number of likely N-dealkylation sites (tertiary alicyclic amines) is 1. The molecule has 0 spiro atoms. The standard InChI is InChI=1S/C10H19NO3/c1-7(12)11-6-5-8(11)9(13)14-10(2,3)4/h7-8,12H,5-6H2,1-4H3. The molecule has 4 heteroatoms. The number of ether oxygens (including phenoxy) is 1. The van der Waals surface area contributed by atoms with Crippen LogP contribution in [0.5, 0.6) is 0 Å². The molecular weight excluding hydrogens is 182 g/mol. The van der Waals surface area contributed by atoms with Gasteiger partial charge in [-0.2, -0.15) is 0 Å². The Morgan fingerprint density at radius 1 is 1.57 bits per heavy atom. The maximum atomic E-state index is 11.6. The van der Waals surface area contributed by atoms with E-state index in [-0.39, 0.29) is 12.0 Å². The van der Waals surface area contributed by atoms with Crippen molar-refractivity contribution in [2.24, 2.45) is 0 Å². The lowest BCUT2D eigenvalue weighted by Gasteiger charge is -2.41. The summed E-state index contributed by atoms with van der Waals surface area (Å²) in [5.41, 5.74) is -0.447. The molecule has 0 radical (unpaired) electrons. The van der Waals surface area contributed by atoms with Crippen molar-refractivity contribution in [3.05, 3.63) is 0 Å². The molecule has 0 amide bonds. The van der Waals surface area contributed by atoms with Gasteiger partial charge in [0.15, 0.2) is 0 Å². The highest BCUT2D eigenvalue weighted by Gasteiger charge is 2.39. The highest BCUT2D eigenvalue weighted by molar-refractivity contribution is 5.77. The molecule has 1 heterocycles. The first-order valence-electron chi connectivity index (χ1n) is 4.98. The molecule has 0 aromatic rings. The topological polar surface area (TPSA) is 49.8 Å². The maximum Gasteiger partial charge on any atom is 0.324 e. The first kappa shape index (κ1) is 11.5. The fourth-order valence-electron chi connectivity index (χ4n) is 1.48. The Labute approximate surface area is 84.8 Å². The Morgan fingerprint density at radius 3 is 2.43 bits per heavy atom. The molecule has 0 aromatic heterocycles. The Morgan fingerprint density at radius 2 is 2.14 bits per heavy atom. The number of carbonyl (C=O) groups is 1. The quantitative estimate of drug-likeness (QED) is 0.669. The maximum absolute atomic E-state index is 11.6. The van der Waals surface area contributed by atoms with E-state index in [1.54, 1.807) is 11.8 Å². The van der Waals surface area contributed by atoms with Gasteiger partial charge in [0.2, 0.25) is 0 Å². The van der Waals surface area contributed by atoms with E-state index in [4.69, 9.17) is 4.74 Å². The van der Waals surface area contributed by atoms with Crippen molar-refractivity contribution in [2.45, 2.75) is 52.0 Å². The van der Waals surface area contributed by atoms with Gasteiger partial charge in [-0.05, 0) is 34.1 Å². The number of rotatable bonds is 2. The highest BCUT2D eigenvalue weighted by Crippen LogP contribution is 2.22. The van der Waals surface area contributed by atoms with Crippen molar-refractivity contribution in [3.8, 4) is 0 Å². The van der Waals surface area contributed by atoms with E-state index in [9.17, 15) is 9.90 Å². The summed E-state index contributed by atoms with van der Waals surface area (Å²) in [5, 5.41) is 9.31. The second-order valence-corrected chi connectivity index (χ2v) is 4.71. The second-order valence-electron chi connectivity index (χ2n) is 4.71. The number of aliphatic hydroxyl groups is 1. The predicted molar refractivity (Wildman–Crippen MR) is 52.6 cm³/mol. The van der Waals surface area contributed by atoms with Crippen molar-refractivity contribution in [2.75, 3.05) is 6.54 Å². The van der Waals surface area contributed by atoms with Gasteiger partial charge in [-0.3, -0.25) is 9.69 Å². The molecule has 1 N–H and O–H groups in total. The first-order valence-corrected chi connectivity index (χ1v) is 4.98. The van der Waals surface area contributed by atoms with Crippen LogP contribution in [-0.2, 0) is 9.53 Å². The van der Waals surface area contributed by atoms with Gasteiger partial charge in [0.1, 0.15) is 17.9 Å². The molecule has 4 nitrogen and oxygen atoms in total. The molecule has 1 aliphatic rings. The zero-order valence-electron chi connectivity index (χ0n) is 9.28. The third kappa shape index (κ3) is 2.69. The third-order valence-electron chi connectivity index (χ3n) is 2.22. The van der Waals surface area contributed by atoms with Gasteiger partial charge in [-0.1, -0.05) is 0 Å². The van der Waals surface area contributed by atoms with Crippen LogP contribution in [0, 0.1) is 0 Å². The molecule has 0 saturated carbocycles. The number of esters is 1. The number of nitrogens with zero attached hydrogens (tertiary/aromatic N) is 1. The van der Waals surface area contributed by atoms with Crippen LogP contribution in [-0.4, -0.2) is 40.4 Å². The molecule has 1 saturated heterocycles. The molecule has 1 fully saturated rings. The van der Waals surface area contributed by atoms with Crippen LogP contribution in [0.2, 0.25) is 0 Å². The van der Waals surface area contributed by atoms with Gasteiger partial charge in [-0.15, -0.1) is 0 Å². The Kier molecular flexibility index (Phi) is 3.17. The summed E-state index contributed by atoms with van der Waals surface area (Å²) in [7, 11) is 0. The van der Waals surface area contributed by atoms with Crippen LogP contribution in [0.3, 0.4) is 0 Å². The van der Waals surface area contributed by atoms with Crippen LogP contribution in [0.25, 0.3) is 0 Å². The van der Waals surface area contributed by atoms with E-state index in [0.717, 1.165) is 13.0 Å². The van der Waals surface area contributed by atoms with E-state index in [0.29, 0.717) is 0 Å². The predicted octanol–water partition coefficient (Wildman–Crippen LogP) is 0.741. The van der Waals surface area contributed by atoms with Crippen molar-refractivity contribution in [3.63, 3.8) is 0 Å². The fraction of sp³-hybridized carbons (Fsp3) is 0.900. The number of hydrogen-bond acceptors (Lipinski definition) is 4. The minimum atomic E-state index is -0.568. The minimum absolute atomic E-state index is 0.232. The molecule has 0 bridgehead atoms. The van der Waals surface area contributed by atoms with E-state index >= 15 is 0 Å². The molecule has 14 heavy (non-hydrogen) atoms. The lowest BCUT2D eigenvalue weighted by atomic mass is 10.0. The number of carbonyl (C=O) groups excluding carboxylic acids is 1. The molecule has 0 aliphatic carbocycles. The lowest BCUT2D eigenvalue weighted by molar-refractivity contribution is -0.174. The van der Waals surface area contributed by atoms with Crippen LogP contribution in [0.4, 0.5) is 0 Å². The third-order valence-corrected chi connectivity index (χ3v) is 2.22. The molecule has 0 aromatic carbocycles. The Bertz CT molecular complexity index is 220. The van der Waals surface area contributed by atoms with Gasteiger partial charge in [0.25, 0.3) is 0 Å². The van der Waals surface area contributed by atoms with Crippen molar-refractivity contribution in [1.29, 1.82) is 0 Å². The van der Waals surface area contributed by atoms with E-state index in [2.05, 4.69) is 0 Å². The number of aliphatic hydroxyl groups excluding tert-OH is 1. The monoisotopic (exact) mass is 201 g/mol. The van der Waals surface area contributed by atoms with E-state index in [1.165, 1.54) is 0 Å². The Hall–Kier alpha value is -0.610. The van der Waals surface area contributed by atoms with Crippen LogP contribution in [0.15, 0.2) is 0 Å². The molecular formula is C10H19NO3. The zero-order chi connectivity index (χ0) is 10.9. The lowest BCUT2D eigenvalue weighted by Crippen LogP contribution is -2.57. The summed E-state index contributed by atoms with van der Waals surface area (Å²) in [5.74, 6) is -0.232. The average Bonchev–Trinajstić information content (AvgIpc) is 1.75. The molecule has 82 valence electrons. The molecule has 2 atom stereocenters. The van der Waals surface area contributed by atoms with Crippen molar-refractivity contribution >= 4 is 5.97 Å². The second kappa shape index (κ2) is 3.87. The summed E-state index contributed by atoms with van der Waals surface area (Å²) in [4.78, 5) is 13.3. The molecule has 2 unspecified atom stereocenters. The van der Waals surface area contributed by atoms with E-state index < -0.39 is 11.8 Å². The largest absolute Gasteiger partial charge is 0.459 e. The van der Waals surface area contributed by atoms with Crippen LogP contribution < -0.4 is 0 Å². The minimum Gasteiger partial charge on any atom is -0.459 e. The normalized spacial score (nSPS) is 25.4. The zero-order valence-corrected chi connectivity index (χ0v) is 9.28. The number of hydrogen-bond donors (Lipinski definition) is 1. The summed E-state index contributed by atoms with van der Waals surface area (Å²) < 4.78 is 5.23. The Balaban J connectivity index is 2.46. The van der Waals surface area contributed by atoms with Gasteiger partial charge in [-0.25, -0.2) is 0 Å². The summed E-state index contributed by atoms with van der Waals surface area (Å²) in [6.45, 7) is 7.96. The highest BCUT2D eigenvalue weighted by atomic mass is 16.6. The first-order chi connectivity index (χ1) is 6.31. The summed E-state index contributed by atoms with van der Waals surface area (Å²) >= 11 is 0. The summed E-state index contributed by atoms with van der Waals surface area (Å²) in [6, 6.07) is -0.255. The van der Waals surface area contributed by atoms with Crippen LogP contribution in [0.1, 0.15) is 34.1 Å². The fourth-order valence-corrected chi connectivity index (χ4v) is 1.48. The molecule has 1 rings (SSSR count).